The standard InChI is InChI=1S/C13H15BrN4O/c1-2-11-16-12(18-15)7-13(17-11)19-8-9-3-5-10(14)6-4-9/h3-7H,2,8,15H2,1H3,(H,16,17,18). The van der Waals surface area contributed by atoms with Gasteiger partial charge in [0.25, 0.3) is 0 Å². The van der Waals surface area contributed by atoms with Crippen LogP contribution in [-0.4, -0.2) is 9.97 Å². The van der Waals surface area contributed by atoms with Gasteiger partial charge in [0.05, 0.1) is 0 Å². The third kappa shape index (κ3) is 3.90. The van der Waals surface area contributed by atoms with Crippen LogP contribution in [-0.2, 0) is 13.0 Å². The summed E-state index contributed by atoms with van der Waals surface area (Å²) in [5.74, 6) is 7.13. The number of benzene rings is 1. The van der Waals surface area contributed by atoms with E-state index in [1.807, 2.05) is 31.2 Å². The Morgan fingerprint density at radius 1 is 1.26 bits per heavy atom. The molecule has 0 saturated carbocycles. The van der Waals surface area contributed by atoms with E-state index in [-0.39, 0.29) is 0 Å². The van der Waals surface area contributed by atoms with Crippen molar-refractivity contribution in [2.45, 2.75) is 20.0 Å². The van der Waals surface area contributed by atoms with Crippen LogP contribution >= 0.6 is 15.9 Å². The van der Waals surface area contributed by atoms with Crippen molar-refractivity contribution in [3.63, 3.8) is 0 Å². The lowest BCUT2D eigenvalue weighted by molar-refractivity contribution is 0.292. The maximum absolute atomic E-state index is 5.65. The average Bonchev–Trinajstić information content (AvgIpc) is 2.46. The summed E-state index contributed by atoms with van der Waals surface area (Å²) >= 11 is 3.40. The van der Waals surface area contributed by atoms with Gasteiger partial charge < -0.3 is 10.2 Å². The van der Waals surface area contributed by atoms with E-state index in [1.54, 1.807) is 6.07 Å². The lowest BCUT2D eigenvalue weighted by atomic mass is 10.2. The van der Waals surface area contributed by atoms with E-state index in [1.165, 1.54) is 0 Å². The molecule has 2 aromatic rings. The highest BCUT2D eigenvalue weighted by Gasteiger charge is 2.04. The maximum Gasteiger partial charge on any atom is 0.219 e. The van der Waals surface area contributed by atoms with Gasteiger partial charge in [0.2, 0.25) is 5.88 Å². The molecular formula is C13H15BrN4O. The summed E-state index contributed by atoms with van der Waals surface area (Å²) in [4.78, 5) is 8.50. The Hall–Kier alpha value is -1.66. The Labute approximate surface area is 120 Å². The number of ether oxygens (including phenoxy) is 1. The van der Waals surface area contributed by atoms with Crippen molar-refractivity contribution >= 4 is 21.7 Å². The summed E-state index contributed by atoms with van der Waals surface area (Å²) < 4.78 is 6.70. The first-order valence-electron chi connectivity index (χ1n) is 5.93. The second-order valence-corrected chi connectivity index (χ2v) is 4.84. The van der Waals surface area contributed by atoms with Crippen LogP contribution in [0.5, 0.6) is 5.88 Å². The predicted octanol–water partition coefficient (Wildman–Crippen LogP) is 2.67. The molecule has 0 aliphatic heterocycles. The lowest BCUT2D eigenvalue weighted by Crippen LogP contribution is -2.11. The van der Waals surface area contributed by atoms with E-state index in [0.29, 0.717) is 24.1 Å². The SMILES string of the molecule is CCc1nc(NN)cc(OCc2ccc(Br)cc2)n1. The third-order valence-corrected chi connectivity index (χ3v) is 3.04. The fourth-order valence-electron chi connectivity index (χ4n) is 1.52. The largest absolute Gasteiger partial charge is 0.473 e. The molecule has 0 saturated heterocycles. The zero-order chi connectivity index (χ0) is 13.7. The van der Waals surface area contributed by atoms with Gasteiger partial charge >= 0.3 is 0 Å². The molecule has 0 unspecified atom stereocenters. The van der Waals surface area contributed by atoms with Crippen molar-refractivity contribution in [3.05, 3.63) is 46.2 Å². The van der Waals surface area contributed by atoms with Gasteiger partial charge in [0.15, 0.2) is 0 Å². The number of nitrogens with one attached hydrogen (secondary N) is 1. The van der Waals surface area contributed by atoms with Crippen LogP contribution < -0.4 is 16.0 Å². The number of halogens is 1. The van der Waals surface area contributed by atoms with Gasteiger partial charge in [-0.25, -0.2) is 10.8 Å². The highest BCUT2D eigenvalue weighted by Crippen LogP contribution is 2.16. The summed E-state index contributed by atoms with van der Waals surface area (Å²) in [6.45, 7) is 2.44. The van der Waals surface area contributed by atoms with E-state index in [2.05, 4.69) is 31.3 Å². The summed E-state index contributed by atoms with van der Waals surface area (Å²) in [5, 5.41) is 0. The third-order valence-electron chi connectivity index (χ3n) is 2.51. The van der Waals surface area contributed by atoms with Crippen molar-refractivity contribution in [2.75, 3.05) is 5.43 Å². The van der Waals surface area contributed by atoms with Crippen molar-refractivity contribution in [2.24, 2.45) is 5.84 Å². The molecular weight excluding hydrogens is 308 g/mol. The van der Waals surface area contributed by atoms with Gasteiger partial charge in [-0.1, -0.05) is 35.0 Å². The molecule has 19 heavy (non-hydrogen) atoms. The second kappa shape index (κ2) is 6.49. The number of nitrogens with zero attached hydrogens (tertiary/aromatic N) is 2. The smallest absolute Gasteiger partial charge is 0.219 e. The number of hydrogen-bond acceptors (Lipinski definition) is 5. The first-order chi connectivity index (χ1) is 9.21. The molecule has 5 nitrogen and oxygen atoms in total. The average molecular weight is 323 g/mol. The van der Waals surface area contributed by atoms with Gasteiger partial charge in [-0.3, -0.25) is 0 Å². The molecule has 1 heterocycles. The van der Waals surface area contributed by atoms with Crippen LogP contribution in [0.15, 0.2) is 34.8 Å². The molecule has 0 fully saturated rings. The lowest BCUT2D eigenvalue weighted by Gasteiger charge is -2.08. The van der Waals surface area contributed by atoms with Gasteiger partial charge in [0, 0.05) is 17.0 Å². The molecule has 2 rings (SSSR count). The Balaban J connectivity index is 2.08. The number of rotatable bonds is 5. The van der Waals surface area contributed by atoms with Crippen LogP contribution in [0.2, 0.25) is 0 Å². The number of hydrazine groups is 1. The molecule has 0 amide bonds. The van der Waals surface area contributed by atoms with Crippen molar-refractivity contribution in [1.29, 1.82) is 0 Å². The fraction of sp³-hybridized carbons (Fsp3) is 0.231. The number of hydrogen-bond donors (Lipinski definition) is 2. The van der Waals surface area contributed by atoms with Gasteiger partial charge in [-0.2, -0.15) is 4.98 Å². The van der Waals surface area contributed by atoms with Crippen LogP contribution in [0.1, 0.15) is 18.3 Å². The number of nitrogens with two attached hydrogens (primary N) is 1. The molecule has 6 heteroatoms. The van der Waals surface area contributed by atoms with Crippen molar-refractivity contribution in [1.82, 2.24) is 9.97 Å². The molecule has 1 aromatic carbocycles. The molecule has 100 valence electrons. The van der Waals surface area contributed by atoms with Crippen LogP contribution in [0.25, 0.3) is 0 Å². The molecule has 0 spiro atoms. The van der Waals surface area contributed by atoms with Gasteiger partial charge in [0.1, 0.15) is 18.2 Å². The minimum absolute atomic E-state index is 0.456. The number of aromatic nitrogens is 2. The predicted molar refractivity (Wildman–Crippen MR) is 77.7 cm³/mol. The number of anilines is 1. The molecule has 0 radical (unpaired) electrons. The molecule has 0 bridgehead atoms. The highest BCUT2D eigenvalue weighted by molar-refractivity contribution is 9.10. The van der Waals surface area contributed by atoms with Crippen LogP contribution in [0, 0.1) is 0 Å². The summed E-state index contributed by atoms with van der Waals surface area (Å²) in [6, 6.07) is 9.62. The van der Waals surface area contributed by atoms with Crippen molar-refractivity contribution < 1.29 is 4.74 Å². The Bertz CT molecular complexity index is 523. The van der Waals surface area contributed by atoms with E-state index in [9.17, 15) is 0 Å². The van der Waals surface area contributed by atoms with E-state index in [0.717, 1.165) is 16.5 Å². The number of aryl methyl sites for hydroxylation is 1. The summed E-state index contributed by atoms with van der Waals surface area (Å²) in [5.41, 5.74) is 3.58. The minimum atomic E-state index is 0.456. The Kier molecular flexibility index (Phi) is 4.70. The first-order valence-corrected chi connectivity index (χ1v) is 6.72. The second-order valence-electron chi connectivity index (χ2n) is 3.92. The quantitative estimate of drug-likeness (QED) is 0.654. The van der Waals surface area contributed by atoms with Crippen LogP contribution in [0.4, 0.5) is 5.82 Å². The normalized spacial score (nSPS) is 10.3. The van der Waals surface area contributed by atoms with Crippen molar-refractivity contribution in [3.8, 4) is 5.88 Å². The zero-order valence-electron chi connectivity index (χ0n) is 10.6. The molecule has 3 N–H and O–H groups in total. The molecule has 0 aliphatic carbocycles. The van der Waals surface area contributed by atoms with Gasteiger partial charge in [-0.05, 0) is 17.7 Å². The molecule has 0 atom stereocenters. The minimum Gasteiger partial charge on any atom is -0.473 e. The maximum atomic E-state index is 5.65. The zero-order valence-corrected chi connectivity index (χ0v) is 12.1. The first kappa shape index (κ1) is 13.8. The summed E-state index contributed by atoms with van der Waals surface area (Å²) in [7, 11) is 0. The van der Waals surface area contributed by atoms with Crippen LogP contribution in [0.3, 0.4) is 0 Å². The number of nitrogen functional groups attached to an aromatic ring is 1. The Morgan fingerprint density at radius 2 is 2.00 bits per heavy atom. The Morgan fingerprint density at radius 3 is 2.63 bits per heavy atom. The van der Waals surface area contributed by atoms with E-state index >= 15 is 0 Å². The molecule has 1 aromatic heterocycles. The summed E-state index contributed by atoms with van der Waals surface area (Å²) in [6.07, 6.45) is 0.726. The van der Waals surface area contributed by atoms with Gasteiger partial charge in [-0.15, -0.1) is 0 Å². The topological polar surface area (TPSA) is 73.1 Å². The monoisotopic (exact) mass is 322 g/mol. The van der Waals surface area contributed by atoms with E-state index < -0.39 is 0 Å². The fourth-order valence-corrected chi connectivity index (χ4v) is 1.78. The van der Waals surface area contributed by atoms with E-state index in [4.69, 9.17) is 10.6 Å². The molecule has 0 aliphatic rings. The highest BCUT2D eigenvalue weighted by atomic mass is 79.9.